The minimum absolute atomic E-state index is 0.537. The summed E-state index contributed by atoms with van der Waals surface area (Å²) in [5, 5.41) is 7.37. The summed E-state index contributed by atoms with van der Waals surface area (Å²) in [6.07, 6.45) is 1.83. The number of nitrogens with two attached hydrogens (primary N) is 1. The highest BCUT2D eigenvalue weighted by Gasteiger charge is 2.06. The van der Waals surface area contributed by atoms with E-state index in [1.54, 1.807) is 19.2 Å². The Morgan fingerprint density at radius 1 is 1.44 bits per heavy atom. The molecular weight excluding hydrogens is 230 g/mol. The first-order chi connectivity index (χ1) is 8.61. The third kappa shape index (κ3) is 2.37. The van der Waals surface area contributed by atoms with Crippen molar-refractivity contribution in [3.63, 3.8) is 0 Å². The molecule has 2 aromatic heterocycles. The Bertz CT molecular complexity index is 549. The van der Waals surface area contributed by atoms with E-state index in [1.807, 2.05) is 24.9 Å². The van der Waals surface area contributed by atoms with Crippen molar-refractivity contribution in [3.8, 4) is 5.88 Å². The molecule has 0 spiro atoms. The molecule has 0 amide bonds. The third-order valence-electron chi connectivity index (χ3n) is 2.89. The molecule has 0 radical (unpaired) electrons. The highest BCUT2D eigenvalue weighted by atomic mass is 16.5. The summed E-state index contributed by atoms with van der Waals surface area (Å²) >= 11 is 0. The van der Waals surface area contributed by atoms with Crippen molar-refractivity contribution in [1.82, 2.24) is 14.8 Å². The fourth-order valence-electron chi connectivity index (χ4n) is 1.60. The number of ether oxygens (including phenoxy) is 1. The van der Waals surface area contributed by atoms with Gasteiger partial charge in [-0.2, -0.15) is 10.1 Å². The van der Waals surface area contributed by atoms with Crippen LogP contribution in [0.15, 0.2) is 18.3 Å². The Balaban J connectivity index is 2.12. The van der Waals surface area contributed by atoms with Crippen LogP contribution >= 0.6 is 0 Å². The van der Waals surface area contributed by atoms with E-state index >= 15 is 0 Å². The second-order valence-electron chi connectivity index (χ2n) is 4.02. The first-order valence-electron chi connectivity index (χ1n) is 5.63. The Labute approximate surface area is 106 Å². The van der Waals surface area contributed by atoms with Crippen molar-refractivity contribution in [2.45, 2.75) is 13.5 Å². The van der Waals surface area contributed by atoms with Crippen LogP contribution in [0, 0.1) is 6.92 Å². The van der Waals surface area contributed by atoms with Crippen LogP contribution in [-0.2, 0) is 13.6 Å². The van der Waals surface area contributed by atoms with Gasteiger partial charge in [-0.25, -0.2) is 0 Å². The van der Waals surface area contributed by atoms with Gasteiger partial charge >= 0.3 is 0 Å². The van der Waals surface area contributed by atoms with Crippen LogP contribution in [0.4, 0.5) is 11.5 Å². The first kappa shape index (κ1) is 12.2. The number of nitrogens with one attached hydrogen (secondary N) is 1. The van der Waals surface area contributed by atoms with Crippen LogP contribution in [0.25, 0.3) is 0 Å². The molecule has 96 valence electrons. The molecule has 0 saturated heterocycles. The van der Waals surface area contributed by atoms with Crippen LogP contribution in [0.3, 0.4) is 0 Å². The topological polar surface area (TPSA) is 78.0 Å². The maximum atomic E-state index is 5.85. The van der Waals surface area contributed by atoms with Crippen LogP contribution in [0.5, 0.6) is 5.88 Å². The molecule has 0 aromatic carbocycles. The van der Waals surface area contributed by atoms with Crippen LogP contribution in [0.1, 0.15) is 11.3 Å². The average molecular weight is 247 g/mol. The number of rotatable bonds is 4. The Hall–Kier alpha value is -2.24. The first-order valence-corrected chi connectivity index (χ1v) is 5.63. The molecule has 2 heterocycles. The summed E-state index contributed by atoms with van der Waals surface area (Å²) in [7, 11) is 3.49. The summed E-state index contributed by atoms with van der Waals surface area (Å²) < 4.78 is 6.90. The third-order valence-corrected chi connectivity index (χ3v) is 2.89. The van der Waals surface area contributed by atoms with Crippen molar-refractivity contribution in [1.29, 1.82) is 0 Å². The number of hydrogen-bond acceptors (Lipinski definition) is 5. The molecule has 6 heteroatoms. The molecular formula is C12H17N5O. The van der Waals surface area contributed by atoms with Crippen molar-refractivity contribution in [3.05, 3.63) is 29.6 Å². The van der Waals surface area contributed by atoms with E-state index < -0.39 is 0 Å². The number of methoxy groups -OCH3 is 1. The number of aromatic nitrogens is 3. The minimum Gasteiger partial charge on any atom is -0.481 e. The lowest BCUT2D eigenvalue weighted by molar-refractivity contribution is 0.398. The monoisotopic (exact) mass is 247 g/mol. The van der Waals surface area contributed by atoms with Gasteiger partial charge in [0, 0.05) is 30.9 Å². The van der Waals surface area contributed by atoms with Crippen LogP contribution < -0.4 is 15.8 Å². The predicted molar refractivity (Wildman–Crippen MR) is 70.5 cm³/mol. The zero-order chi connectivity index (χ0) is 13.1. The standard InChI is InChI=1S/C12H17N5O/c1-8-9(7-15-17(8)2)6-14-12-10(13)4-5-11(16-12)18-3/h4-5,7H,6,13H2,1-3H3,(H,14,16). The van der Waals surface area contributed by atoms with Gasteiger partial charge in [0.05, 0.1) is 19.0 Å². The van der Waals surface area contributed by atoms with E-state index in [-0.39, 0.29) is 0 Å². The van der Waals surface area contributed by atoms with E-state index in [9.17, 15) is 0 Å². The maximum absolute atomic E-state index is 5.85. The molecule has 0 aliphatic heterocycles. The molecule has 0 fully saturated rings. The highest BCUT2D eigenvalue weighted by Crippen LogP contribution is 2.20. The molecule has 0 aliphatic rings. The molecule has 0 unspecified atom stereocenters. The second kappa shape index (κ2) is 4.95. The van der Waals surface area contributed by atoms with Crippen LogP contribution in [-0.4, -0.2) is 21.9 Å². The molecule has 0 atom stereocenters. The van der Waals surface area contributed by atoms with Gasteiger partial charge in [-0.1, -0.05) is 0 Å². The molecule has 2 aromatic rings. The summed E-state index contributed by atoms with van der Waals surface area (Å²) in [5.74, 6) is 1.16. The van der Waals surface area contributed by atoms with Gasteiger partial charge in [-0.3, -0.25) is 4.68 Å². The Morgan fingerprint density at radius 2 is 2.22 bits per heavy atom. The van der Waals surface area contributed by atoms with E-state index in [1.165, 1.54) is 0 Å². The number of aryl methyl sites for hydroxylation is 1. The van der Waals surface area contributed by atoms with Crippen LogP contribution in [0.2, 0.25) is 0 Å². The summed E-state index contributed by atoms with van der Waals surface area (Å²) in [5.41, 5.74) is 8.67. The largest absolute Gasteiger partial charge is 0.481 e. The smallest absolute Gasteiger partial charge is 0.215 e. The quantitative estimate of drug-likeness (QED) is 0.852. The van der Waals surface area contributed by atoms with Gasteiger partial charge in [0.25, 0.3) is 0 Å². The zero-order valence-corrected chi connectivity index (χ0v) is 10.8. The van der Waals surface area contributed by atoms with Crippen molar-refractivity contribution < 1.29 is 4.74 Å². The van der Waals surface area contributed by atoms with E-state index in [2.05, 4.69) is 15.4 Å². The normalized spacial score (nSPS) is 10.4. The molecule has 6 nitrogen and oxygen atoms in total. The number of anilines is 2. The predicted octanol–water partition coefficient (Wildman–Crippen LogP) is 1.33. The second-order valence-corrected chi connectivity index (χ2v) is 4.02. The Morgan fingerprint density at radius 3 is 2.83 bits per heavy atom. The number of hydrogen-bond donors (Lipinski definition) is 2. The van der Waals surface area contributed by atoms with Crippen molar-refractivity contribution in [2.24, 2.45) is 7.05 Å². The zero-order valence-electron chi connectivity index (χ0n) is 10.8. The average Bonchev–Trinajstić information content (AvgIpc) is 2.69. The number of nitrogen functional groups attached to an aromatic ring is 1. The Kier molecular flexibility index (Phi) is 3.36. The van der Waals surface area contributed by atoms with Gasteiger partial charge in [0.1, 0.15) is 0 Å². The molecule has 0 aliphatic carbocycles. The molecule has 0 saturated carbocycles. The van der Waals surface area contributed by atoms with E-state index in [0.29, 0.717) is 23.9 Å². The summed E-state index contributed by atoms with van der Waals surface area (Å²) in [6.45, 7) is 2.65. The van der Waals surface area contributed by atoms with E-state index in [0.717, 1.165) is 11.3 Å². The van der Waals surface area contributed by atoms with Gasteiger partial charge in [0.15, 0.2) is 5.82 Å². The van der Waals surface area contributed by atoms with Gasteiger partial charge in [-0.05, 0) is 13.0 Å². The SMILES string of the molecule is COc1ccc(N)c(NCc2cnn(C)c2C)n1. The van der Waals surface area contributed by atoms with Gasteiger partial charge in [0.2, 0.25) is 5.88 Å². The number of pyridine rings is 1. The molecule has 0 bridgehead atoms. The molecule has 2 rings (SSSR count). The lowest BCUT2D eigenvalue weighted by Gasteiger charge is -2.09. The van der Waals surface area contributed by atoms with Crippen molar-refractivity contribution >= 4 is 11.5 Å². The lowest BCUT2D eigenvalue weighted by Crippen LogP contribution is -2.06. The molecule has 18 heavy (non-hydrogen) atoms. The fraction of sp³-hybridized carbons (Fsp3) is 0.333. The maximum Gasteiger partial charge on any atom is 0.215 e. The summed E-state index contributed by atoms with van der Waals surface area (Å²) in [6, 6.07) is 3.50. The van der Waals surface area contributed by atoms with Gasteiger partial charge < -0.3 is 15.8 Å². The van der Waals surface area contributed by atoms with Crippen molar-refractivity contribution in [2.75, 3.05) is 18.2 Å². The summed E-state index contributed by atoms with van der Waals surface area (Å²) in [4.78, 5) is 4.26. The van der Waals surface area contributed by atoms with Gasteiger partial charge in [-0.15, -0.1) is 0 Å². The lowest BCUT2D eigenvalue weighted by atomic mass is 10.2. The van der Waals surface area contributed by atoms with E-state index in [4.69, 9.17) is 10.5 Å². The highest BCUT2D eigenvalue weighted by molar-refractivity contribution is 5.62. The minimum atomic E-state index is 0.537. The number of nitrogens with zero attached hydrogens (tertiary/aromatic N) is 3. The molecule has 3 N–H and O–H groups in total. The fourth-order valence-corrected chi connectivity index (χ4v) is 1.60.